The highest BCUT2D eigenvalue weighted by Crippen LogP contribution is 2.32. The Kier molecular flexibility index (Phi) is 5.40. The standard InChI is InChI=1S/C23H19N7O5/c1-12-9-13(7-8-24-12)16-10-29(28-27-16)11-19(32)25-15-4-2-3-14-20(15)23(35)30(22(14)34)17-5-6-18(31)26-21(17)33/h2-4,7-10,17H,5-6,11H2,1H3,(H,25,32)(H,26,31,33). The van der Waals surface area contributed by atoms with E-state index in [1.165, 1.54) is 22.9 Å². The summed E-state index contributed by atoms with van der Waals surface area (Å²) in [6.07, 6.45) is 3.34. The molecule has 0 spiro atoms. The molecule has 1 unspecified atom stereocenters. The van der Waals surface area contributed by atoms with Crippen molar-refractivity contribution in [2.75, 3.05) is 5.32 Å². The van der Waals surface area contributed by atoms with Gasteiger partial charge in [0.05, 0.1) is 23.0 Å². The first kappa shape index (κ1) is 22.1. The molecule has 5 rings (SSSR count). The van der Waals surface area contributed by atoms with E-state index in [4.69, 9.17) is 0 Å². The second-order valence-electron chi connectivity index (χ2n) is 8.21. The number of hydrogen-bond acceptors (Lipinski definition) is 8. The quantitative estimate of drug-likeness (QED) is 0.513. The van der Waals surface area contributed by atoms with Crippen molar-refractivity contribution < 1.29 is 24.0 Å². The van der Waals surface area contributed by atoms with Crippen molar-refractivity contribution in [2.24, 2.45) is 0 Å². The Balaban J connectivity index is 1.33. The van der Waals surface area contributed by atoms with Crippen LogP contribution in [0.15, 0.2) is 42.7 Å². The molecular formula is C23H19N7O5. The third kappa shape index (κ3) is 4.05. The molecule has 1 saturated heterocycles. The van der Waals surface area contributed by atoms with Gasteiger partial charge in [-0.2, -0.15) is 0 Å². The zero-order chi connectivity index (χ0) is 24.7. The van der Waals surface area contributed by atoms with Gasteiger partial charge in [0, 0.05) is 23.9 Å². The Morgan fingerprint density at radius 3 is 2.77 bits per heavy atom. The van der Waals surface area contributed by atoms with Crippen LogP contribution in [0.2, 0.25) is 0 Å². The highest BCUT2D eigenvalue weighted by Gasteiger charge is 2.45. The fourth-order valence-corrected chi connectivity index (χ4v) is 4.17. The van der Waals surface area contributed by atoms with Crippen molar-refractivity contribution in [2.45, 2.75) is 32.4 Å². The minimum Gasteiger partial charge on any atom is -0.324 e. The van der Waals surface area contributed by atoms with E-state index in [-0.39, 0.29) is 36.2 Å². The number of aryl methyl sites for hydroxylation is 1. The number of nitrogens with zero attached hydrogens (tertiary/aromatic N) is 5. The van der Waals surface area contributed by atoms with Crippen LogP contribution in [0.1, 0.15) is 39.3 Å². The molecule has 0 saturated carbocycles. The van der Waals surface area contributed by atoms with Crippen molar-refractivity contribution in [1.82, 2.24) is 30.2 Å². The normalized spacial score (nSPS) is 17.4. The number of benzene rings is 1. The molecule has 2 aliphatic rings. The van der Waals surface area contributed by atoms with Crippen LogP contribution < -0.4 is 10.6 Å². The Labute approximate surface area is 198 Å². The number of carbonyl (C=O) groups is 5. The van der Waals surface area contributed by atoms with Crippen molar-refractivity contribution in [3.8, 4) is 11.3 Å². The minimum atomic E-state index is -1.09. The second kappa shape index (κ2) is 8.56. The van der Waals surface area contributed by atoms with E-state index in [1.54, 1.807) is 18.5 Å². The number of aromatic nitrogens is 4. The zero-order valence-corrected chi connectivity index (χ0v) is 18.5. The molecule has 3 aromatic rings. The lowest BCUT2D eigenvalue weighted by atomic mass is 10.0. The SMILES string of the molecule is Cc1cc(-c2cn(CC(=O)Nc3cccc4c3C(=O)N(C3CCC(=O)NC3=O)C4=O)nn2)ccn1. The van der Waals surface area contributed by atoms with E-state index >= 15 is 0 Å². The molecule has 2 aromatic heterocycles. The van der Waals surface area contributed by atoms with E-state index in [0.717, 1.165) is 16.2 Å². The molecule has 12 nitrogen and oxygen atoms in total. The van der Waals surface area contributed by atoms with Gasteiger partial charge < -0.3 is 5.32 Å². The molecule has 176 valence electrons. The van der Waals surface area contributed by atoms with Crippen LogP contribution in [0.5, 0.6) is 0 Å². The summed E-state index contributed by atoms with van der Waals surface area (Å²) in [6.45, 7) is 1.67. The molecule has 2 aliphatic heterocycles. The molecule has 2 N–H and O–H groups in total. The maximum absolute atomic E-state index is 13.1. The molecule has 0 radical (unpaired) electrons. The molecule has 5 amide bonds. The van der Waals surface area contributed by atoms with Crippen LogP contribution in [0.25, 0.3) is 11.3 Å². The molecule has 1 aromatic carbocycles. The predicted molar refractivity (Wildman–Crippen MR) is 120 cm³/mol. The van der Waals surface area contributed by atoms with Gasteiger partial charge in [-0.1, -0.05) is 11.3 Å². The minimum absolute atomic E-state index is 0.00194. The first-order valence-corrected chi connectivity index (χ1v) is 10.8. The van der Waals surface area contributed by atoms with Crippen molar-refractivity contribution in [1.29, 1.82) is 0 Å². The van der Waals surface area contributed by atoms with Gasteiger partial charge in [0.15, 0.2) is 0 Å². The summed E-state index contributed by atoms with van der Waals surface area (Å²) in [5.74, 6) is -2.99. The number of rotatable bonds is 5. The molecule has 1 fully saturated rings. The van der Waals surface area contributed by atoms with Crippen LogP contribution in [0.4, 0.5) is 5.69 Å². The van der Waals surface area contributed by atoms with Gasteiger partial charge >= 0.3 is 0 Å². The van der Waals surface area contributed by atoms with Gasteiger partial charge in [-0.15, -0.1) is 5.10 Å². The average molecular weight is 473 g/mol. The Morgan fingerprint density at radius 1 is 1.17 bits per heavy atom. The van der Waals surface area contributed by atoms with Gasteiger partial charge in [-0.25, -0.2) is 4.68 Å². The lowest BCUT2D eigenvalue weighted by Gasteiger charge is -2.27. The highest BCUT2D eigenvalue weighted by molar-refractivity contribution is 6.26. The summed E-state index contributed by atoms with van der Waals surface area (Å²) in [5, 5.41) is 12.9. The fraction of sp³-hybridized carbons (Fsp3) is 0.217. The summed E-state index contributed by atoms with van der Waals surface area (Å²) in [4.78, 5) is 67.5. The van der Waals surface area contributed by atoms with Gasteiger partial charge in [-0.3, -0.25) is 39.2 Å². The second-order valence-corrected chi connectivity index (χ2v) is 8.21. The van der Waals surface area contributed by atoms with Gasteiger partial charge in [0.25, 0.3) is 11.8 Å². The number of carbonyl (C=O) groups excluding carboxylic acids is 5. The molecule has 35 heavy (non-hydrogen) atoms. The van der Waals surface area contributed by atoms with Gasteiger partial charge in [0.2, 0.25) is 17.7 Å². The average Bonchev–Trinajstić information content (AvgIpc) is 3.37. The van der Waals surface area contributed by atoms with Crippen molar-refractivity contribution >= 4 is 35.2 Å². The number of nitrogens with one attached hydrogen (secondary N) is 2. The fourth-order valence-electron chi connectivity index (χ4n) is 4.17. The lowest BCUT2D eigenvalue weighted by Crippen LogP contribution is -2.54. The summed E-state index contributed by atoms with van der Waals surface area (Å²) >= 11 is 0. The molecule has 12 heteroatoms. The third-order valence-electron chi connectivity index (χ3n) is 5.78. The number of pyridine rings is 1. The van der Waals surface area contributed by atoms with Crippen LogP contribution in [0, 0.1) is 6.92 Å². The van der Waals surface area contributed by atoms with Crippen LogP contribution in [-0.4, -0.2) is 60.5 Å². The Morgan fingerprint density at radius 2 is 2.00 bits per heavy atom. The number of hydrogen-bond donors (Lipinski definition) is 2. The molecule has 1 atom stereocenters. The molecule has 4 heterocycles. The van der Waals surface area contributed by atoms with Crippen molar-refractivity contribution in [3.05, 3.63) is 59.5 Å². The number of fused-ring (bicyclic) bond motifs is 1. The van der Waals surface area contributed by atoms with Gasteiger partial charge in [0.1, 0.15) is 18.3 Å². The Bertz CT molecular complexity index is 1410. The topological polar surface area (TPSA) is 156 Å². The maximum Gasteiger partial charge on any atom is 0.264 e. The van der Waals surface area contributed by atoms with E-state index in [0.29, 0.717) is 5.69 Å². The van der Waals surface area contributed by atoms with Crippen LogP contribution in [0.3, 0.4) is 0 Å². The highest BCUT2D eigenvalue weighted by atomic mass is 16.2. The van der Waals surface area contributed by atoms with Crippen LogP contribution in [-0.2, 0) is 20.9 Å². The first-order chi connectivity index (χ1) is 16.8. The van der Waals surface area contributed by atoms with Gasteiger partial charge in [-0.05, 0) is 37.6 Å². The van der Waals surface area contributed by atoms with E-state index in [1.807, 2.05) is 13.0 Å². The largest absolute Gasteiger partial charge is 0.324 e. The van der Waals surface area contributed by atoms with Crippen molar-refractivity contribution in [3.63, 3.8) is 0 Å². The molecular weight excluding hydrogens is 454 g/mol. The number of piperidine rings is 1. The summed E-state index contributed by atoms with van der Waals surface area (Å²) in [6, 6.07) is 7.03. The number of anilines is 1. The monoisotopic (exact) mass is 473 g/mol. The predicted octanol–water partition coefficient (Wildman–Crippen LogP) is 0.688. The van der Waals surface area contributed by atoms with E-state index in [9.17, 15) is 24.0 Å². The first-order valence-electron chi connectivity index (χ1n) is 10.8. The lowest BCUT2D eigenvalue weighted by molar-refractivity contribution is -0.136. The third-order valence-corrected chi connectivity index (χ3v) is 5.78. The summed E-state index contributed by atoms with van der Waals surface area (Å²) in [5.41, 5.74) is 2.42. The zero-order valence-electron chi connectivity index (χ0n) is 18.5. The smallest absolute Gasteiger partial charge is 0.264 e. The number of imide groups is 2. The summed E-state index contributed by atoms with van der Waals surface area (Å²) in [7, 11) is 0. The Hall–Kier alpha value is -4.74. The summed E-state index contributed by atoms with van der Waals surface area (Å²) < 4.78 is 1.35. The van der Waals surface area contributed by atoms with Crippen LogP contribution >= 0.6 is 0 Å². The molecule has 0 aliphatic carbocycles. The maximum atomic E-state index is 13.1. The van der Waals surface area contributed by atoms with E-state index < -0.39 is 35.6 Å². The number of amides is 5. The van der Waals surface area contributed by atoms with E-state index in [2.05, 4.69) is 25.9 Å². The molecule has 0 bridgehead atoms.